The maximum absolute atomic E-state index is 12.7. The van der Waals surface area contributed by atoms with Crippen LogP contribution in [0, 0.1) is 20.2 Å². The molecule has 0 saturated heterocycles. The summed E-state index contributed by atoms with van der Waals surface area (Å²) in [7, 11) is -6.85. The van der Waals surface area contributed by atoms with Gasteiger partial charge in [-0.3, -0.25) is 29.2 Å². The highest BCUT2D eigenvalue weighted by atomic mass is 79.9. The number of nitro benzene ring substituents is 2. The second kappa shape index (κ2) is 13.4. The fraction of sp³-hybridized carbons (Fsp3) is 0.533. The van der Waals surface area contributed by atoms with E-state index < -0.39 is 51.1 Å². The second-order valence-corrected chi connectivity index (χ2v) is 9.37. The van der Waals surface area contributed by atoms with Crippen LogP contribution in [0.15, 0.2) is 6.07 Å². The zero-order valence-corrected chi connectivity index (χ0v) is 20.4. The molecule has 0 radical (unpaired) electrons. The summed E-state index contributed by atoms with van der Waals surface area (Å²) in [5, 5.41) is 28.6. The third kappa shape index (κ3) is 9.61. The van der Waals surface area contributed by atoms with E-state index in [1.165, 1.54) is 0 Å². The molecule has 0 spiro atoms. The Hall–Kier alpha value is -2.30. The number of benzene rings is 1. The lowest BCUT2D eigenvalue weighted by Gasteiger charge is -2.14. The van der Waals surface area contributed by atoms with Gasteiger partial charge in [0.25, 0.3) is 21.7 Å². The molecule has 1 atom stereocenters. The van der Waals surface area contributed by atoms with Crippen molar-refractivity contribution in [2.75, 3.05) is 43.2 Å². The van der Waals surface area contributed by atoms with Crippen molar-refractivity contribution in [2.24, 2.45) is 0 Å². The summed E-state index contributed by atoms with van der Waals surface area (Å²) in [6.45, 7) is -1.04. The van der Waals surface area contributed by atoms with Crippen molar-refractivity contribution >= 4 is 57.3 Å². The van der Waals surface area contributed by atoms with Gasteiger partial charge in [0.05, 0.1) is 22.7 Å². The van der Waals surface area contributed by atoms with Gasteiger partial charge in [0.1, 0.15) is 12.3 Å². The lowest BCUT2D eigenvalue weighted by molar-refractivity contribution is -0.394. The fourth-order valence-corrected chi connectivity index (χ4v) is 3.73. The number of aryl methyl sites for hydroxylation is 1. The van der Waals surface area contributed by atoms with Crippen molar-refractivity contribution in [3.63, 3.8) is 0 Å². The average molecular weight is 575 g/mol. The largest absolute Gasteiger partial charge is 0.566 e. The number of nitro groups is 2. The number of amides is 1. The molecule has 2 N–H and O–H groups in total. The molecule has 1 aromatic carbocycles. The van der Waals surface area contributed by atoms with Gasteiger partial charge in [0.15, 0.2) is 5.56 Å². The number of anilines is 1. The number of carbonyl (C=O) groups excluding carboxylic acids is 1. The monoisotopic (exact) mass is 574 g/mol. The van der Waals surface area contributed by atoms with Crippen molar-refractivity contribution in [3.05, 3.63) is 37.4 Å². The number of alkyl halides is 1. The van der Waals surface area contributed by atoms with Crippen LogP contribution in [0.2, 0.25) is 0 Å². The van der Waals surface area contributed by atoms with E-state index in [9.17, 15) is 42.9 Å². The molecule has 0 saturated carbocycles. The van der Waals surface area contributed by atoms with Crippen molar-refractivity contribution in [1.29, 1.82) is 0 Å². The summed E-state index contributed by atoms with van der Waals surface area (Å²) in [5.41, 5.74) is -2.65. The van der Waals surface area contributed by atoms with E-state index in [0.29, 0.717) is 0 Å². The fourth-order valence-electron chi connectivity index (χ4n) is 2.64. The number of nitrogens with zero attached hydrogens (tertiary/aromatic N) is 2. The highest BCUT2D eigenvalue weighted by Crippen LogP contribution is 2.39. The van der Waals surface area contributed by atoms with Crippen LogP contribution in [0.3, 0.4) is 0 Å². The Morgan fingerprint density at radius 3 is 2.33 bits per heavy atom. The summed E-state index contributed by atoms with van der Waals surface area (Å²) >= 11 is 3.13. The van der Waals surface area contributed by atoms with E-state index in [1.807, 2.05) is 0 Å². The average Bonchev–Trinajstić information content (AvgIpc) is 2.69. The molecule has 0 aliphatic carbocycles. The van der Waals surface area contributed by atoms with E-state index in [4.69, 9.17) is 0 Å². The first-order valence-corrected chi connectivity index (χ1v) is 13.1. The van der Waals surface area contributed by atoms with Gasteiger partial charge in [-0.05, 0) is 23.5 Å². The number of carbonyl (C=O) groups is 1. The number of rotatable bonds is 15. The van der Waals surface area contributed by atoms with Crippen LogP contribution in [0.4, 0.5) is 17.1 Å². The van der Waals surface area contributed by atoms with Gasteiger partial charge in [-0.25, -0.2) is 0 Å². The third-order valence-corrected chi connectivity index (χ3v) is 5.21. The summed E-state index contributed by atoms with van der Waals surface area (Å²) in [6, 6.07) is 1.15. The Morgan fingerprint density at radius 2 is 1.82 bits per heavy atom. The molecule has 18 heteroatoms. The lowest BCUT2D eigenvalue weighted by atomic mass is 10.00. The van der Waals surface area contributed by atoms with Gasteiger partial charge in [-0.2, -0.15) is 8.42 Å². The van der Waals surface area contributed by atoms with Crippen molar-refractivity contribution in [2.45, 2.75) is 12.8 Å². The SMILES string of the molecule is CS(=O)(=O)OCCNc1cc(CCBr)c([N+](=O)[O-])c(C(=O)NCCCO[P+](=O)[O-])c1[N+](=O)[O-]. The van der Waals surface area contributed by atoms with Gasteiger partial charge in [0.2, 0.25) is 0 Å². The van der Waals surface area contributed by atoms with E-state index in [0.717, 1.165) is 12.3 Å². The highest BCUT2D eigenvalue weighted by molar-refractivity contribution is 9.09. The predicted molar refractivity (Wildman–Crippen MR) is 117 cm³/mol. The topological polar surface area (TPSA) is 220 Å². The van der Waals surface area contributed by atoms with Gasteiger partial charge in [-0.15, -0.1) is 4.52 Å². The van der Waals surface area contributed by atoms with Crippen LogP contribution in [-0.2, 0) is 29.8 Å². The molecule has 0 aromatic heterocycles. The lowest BCUT2D eigenvalue weighted by Crippen LogP contribution is -2.28. The molecule has 0 fully saturated rings. The van der Waals surface area contributed by atoms with E-state index >= 15 is 0 Å². The molecule has 1 aromatic rings. The molecule has 184 valence electrons. The Kier molecular flexibility index (Phi) is 11.7. The smallest absolute Gasteiger partial charge is 0.488 e. The Morgan fingerprint density at radius 1 is 1.18 bits per heavy atom. The number of hydrogen-bond donors (Lipinski definition) is 2. The minimum atomic E-state index is -3.76. The summed E-state index contributed by atoms with van der Waals surface area (Å²) < 4.78 is 41.4. The van der Waals surface area contributed by atoms with Crippen LogP contribution in [0.1, 0.15) is 22.3 Å². The van der Waals surface area contributed by atoms with Gasteiger partial charge in [0, 0.05) is 24.0 Å². The molecule has 1 rings (SSSR count). The van der Waals surface area contributed by atoms with E-state index in [1.54, 1.807) is 0 Å². The molecular weight excluding hydrogens is 555 g/mol. The van der Waals surface area contributed by atoms with Crippen LogP contribution in [0.25, 0.3) is 0 Å². The summed E-state index contributed by atoms with van der Waals surface area (Å²) in [4.78, 5) is 44.7. The molecule has 1 amide bonds. The van der Waals surface area contributed by atoms with Gasteiger partial charge in [-0.1, -0.05) is 15.9 Å². The predicted octanol–water partition coefficient (Wildman–Crippen LogP) is 0.983. The molecule has 0 heterocycles. The minimum Gasteiger partial charge on any atom is -0.566 e. The first kappa shape index (κ1) is 28.7. The molecule has 0 aliphatic rings. The van der Waals surface area contributed by atoms with Crippen molar-refractivity contribution in [3.8, 4) is 0 Å². The maximum Gasteiger partial charge on any atom is 0.488 e. The normalized spacial score (nSPS) is 11.7. The zero-order chi connectivity index (χ0) is 25.2. The number of hydrogen-bond acceptors (Lipinski definition) is 12. The number of halogens is 1. The van der Waals surface area contributed by atoms with Crippen LogP contribution >= 0.6 is 24.2 Å². The van der Waals surface area contributed by atoms with Gasteiger partial charge < -0.3 is 15.5 Å². The molecule has 0 aliphatic heterocycles. The van der Waals surface area contributed by atoms with Crippen LogP contribution < -0.4 is 15.5 Å². The first-order chi connectivity index (χ1) is 15.4. The molecule has 15 nitrogen and oxygen atoms in total. The third-order valence-electron chi connectivity index (χ3n) is 3.83. The standard InChI is InChI=1S/C15H20BrN4O11PS/c1-33(28,29)31-8-6-17-11-9-10(3-4-16)13(19(22)23)12(14(11)20(24)25)15(21)18-5-2-7-30-32(26)27/h9,17H,2-8H2,1H3,(H,18,21). The molecular formula is C15H20BrN4O11PS. The van der Waals surface area contributed by atoms with Crippen LogP contribution in [0.5, 0.6) is 0 Å². The summed E-state index contributed by atoms with van der Waals surface area (Å²) in [5.74, 6) is -1.12. The van der Waals surface area contributed by atoms with E-state index in [2.05, 4.69) is 35.3 Å². The zero-order valence-electron chi connectivity index (χ0n) is 17.1. The Balaban J connectivity index is 3.36. The van der Waals surface area contributed by atoms with Crippen molar-refractivity contribution in [1.82, 2.24) is 5.32 Å². The number of nitrogens with one attached hydrogen (secondary N) is 2. The highest BCUT2D eigenvalue weighted by Gasteiger charge is 2.36. The van der Waals surface area contributed by atoms with Crippen LogP contribution in [-0.4, -0.2) is 62.1 Å². The Bertz CT molecular complexity index is 1020. The molecule has 1 unspecified atom stereocenters. The Labute approximate surface area is 197 Å². The summed E-state index contributed by atoms with van der Waals surface area (Å²) in [6.07, 6.45) is 0.886. The minimum absolute atomic E-state index is 0.0193. The van der Waals surface area contributed by atoms with Crippen molar-refractivity contribution < 1.29 is 41.2 Å². The quantitative estimate of drug-likeness (QED) is 0.0746. The van der Waals surface area contributed by atoms with Gasteiger partial charge >= 0.3 is 13.9 Å². The molecule has 33 heavy (non-hydrogen) atoms. The first-order valence-electron chi connectivity index (χ1n) is 9.07. The maximum atomic E-state index is 12.7. The molecule has 0 bridgehead atoms. The van der Waals surface area contributed by atoms with E-state index in [-0.39, 0.29) is 55.7 Å². The second-order valence-electron chi connectivity index (χ2n) is 6.23.